The number of hydrogen-bond donors (Lipinski definition) is 1. The van der Waals surface area contributed by atoms with Crippen molar-refractivity contribution in [2.45, 2.75) is 12.8 Å². The van der Waals surface area contributed by atoms with Gasteiger partial charge in [0.1, 0.15) is 0 Å². The zero-order chi connectivity index (χ0) is 7.82. The Balaban J connectivity index is 3.19. The van der Waals surface area contributed by atoms with Gasteiger partial charge in [-0.05, 0) is 6.42 Å². The molecule has 0 saturated heterocycles. The molecule has 6 heteroatoms. The second-order valence-electron chi connectivity index (χ2n) is 1.57. The topological polar surface area (TPSA) is 97.2 Å². The first-order chi connectivity index (χ1) is 4.81. The van der Waals surface area contributed by atoms with Gasteiger partial charge in [-0.25, -0.2) is 0 Å². The molecular weight excluding hydrogens is 136 g/mol. The Morgan fingerprint density at radius 3 is 2.70 bits per heavy atom. The lowest BCUT2D eigenvalue weighted by Crippen LogP contribution is -1.92. The summed E-state index contributed by atoms with van der Waals surface area (Å²) >= 11 is 0. The Morgan fingerprint density at radius 1 is 1.50 bits per heavy atom. The molecule has 2 N–H and O–H groups in total. The van der Waals surface area contributed by atoms with E-state index in [-0.39, 0.29) is 6.42 Å². The SMILES string of the molecule is NN=NCCCC(=O)N=O. The van der Waals surface area contributed by atoms with Crippen molar-refractivity contribution in [3.63, 3.8) is 0 Å². The number of hydrogen-bond acceptors (Lipinski definition) is 4. The smallest absolute Gasteiger partial charge is 0.286 e. The monoisotopic (exact) mass is 144 g/mol. The van der Waals surface area contributed by atoms with E-state index in [1.165, 1.54) is 0 Å². The Morgan fingerprint density at radius 2 is 2.20 bits per heavy atom. The van der Waals surface area contributed by atoms with Crippen molar-refractivity contribution >= 4 is 5.91 Å². The molecule has 0 unspecified atom stereocenters. The van der Waals surface area contributed by atoms with E-state index in [0.717, 1.165) is 0 Å². The van der Waals surface area contributed by atoms with Gasteiger partial charge >= 0.3 is 0 Å². The second kappa shape index (κ2) is 5.80. The molecule has 0 aliphatic carbocycles. The molecule has 0 bridgehead atoms. The van der Waals surface area contributed by atoms with Crippen molar-refractivity contribution in [1.82, 2.24) is 0 Å². The third-order valence-electron chi connectivity index (χ3n) is 0.832. The molecule has 0 spiro atoms. The van der Waals surface area contributed by atoms with Gasteiger partial charge in [0.05, 0.1) is 6.54 Å². The van der Waals surface area contributed by atoms with E-state index in [9.17, 15) is 9.70 Å². The van der Waals surface area contributed by atoms with Gasteiger partial charge in [0, 0.05) is 11.6 Å². The molecular formula is C4H8N4O2. The van der Waals surface area contributed by atoms with Crippen LogP contribution in [0.4, 0.5) is 0 Å². The van der Waals surface area contributed by atoms with Crippen LogP contribution in [0, 0.1) is 4.91 Å². The van der Waals surface area contributed by atoms with Gasteiger partial charge in [-0.15, -0.1) is 4.91 Å². The highest BCUT2D eigenvalue weighted by Crippen LogP contribution is 1.91. The number of amides is 1. The lowest BCUT2D eigenvalue weighted by molar-refractivity contribution is -0.118. The summed E-state index contributed by atoms with van der Waals surface area (Å²) in [6.45, 7) is 0.359. The minimum atomic E-state index is -0.660. The van der Waals surface area contributed by atoms with E-state index in [1.807, 2.05) is 0 Å². The van der Waals surface area contributed by atoms with Crippen LogP contribution in [0.3, 0.4) is 0 Å². The van der Waals surface area contributed by atoms with Crippen molar-refractivity contribution < 1.29 is 4.79 Å². The zero-order valence-electron chi connectivity index (χ0n) is 5.36. The molecule has 0 aliphatic heterocycles. The summed E-state index contributed by atoms with van der Waals surface area (Å²) in [6, 6.07) is 0. The fourth-order valence-electron chi connectivity index (χ4n) is 0.404. The molecule has 0 atom stereocenters. The number of nitrogens with zero attached hydrogens (tertiary/aromatic N) is 3. The highest BCUT2D eigenvalue weighted by atomic mass is 16.3. The lowest BCUT2D eigenvalue weighted by atomic mass is 10.3. The molecule has 56 valence electrons. The minimum absolute atomic E-state index is 0.114. The maximum Gasteiger partial charge on any atom is 0.286 e. The average Bonchev–Trinajstić information content (AvgIpc) is 1.98. The fourth-order valence-corrected chi connectivity index (χ4v) is 0.404. The molecule has 6 nitrogen and oxygen atoms in total. The number of carbonyl (C=O) groups is 1. The number of nitroso groups, excluding NO2 is 1. The molecule has 0 heterocycles. The van der Waals surface area contributed by atoms with Crippen LogP contribution >= 0.6 is 0 Å². The van der Waals surface area contributed by atoms with Crippen molar-refractivity contribution in [2.75, 3.05) is 6.54 Å². The third kappa shape index (κ3) is 4.82. The predicted octanol–water partition coefficient (Wildman–Crippen LogP) is 0.386. The fraction of sp³-hybridized carbons (Fsp3) is 0.750. The van der Waals surface area contributed by atoms with Gasteiger partial charge in [-0.2, -0.15) is 5.11 Å². The molecule has 0 rings (SSSR count). The van der Waals surface area contributed by atoms with E-state index < -0.39 is 5.91 Å². The highest BCUT2D eigenvalue weighted by molar-refractivity contribution is 5.76. The highest BCUT2D eigenvalue weighted by Gasteiger charge is 1.97. The number of nitrogens with two attached hydrogens (primary N) is 1. The molecule has 0 aromatic heterocycles. The Kier molecular flexibility index (Phi) is 5.03. The minimum Gasteiger partial charge on any atom is -0.305 e. The Labute approximate surface area is 57.4 Å². The van der Waals surface area contributed by atoms with E-state index in [4.69, 9.17) is 0 Å². The maximum absolute atomic E-state index is 10.2. The first-order valence-corrected chi connectivity index (χ1v) is 2.74. The summed E-state index contributed by atoms with van der Waals surface area (Å²) in [4.78, 5) is 19.7. The van der Waals surface area contributed by atoms with Crippen molar-refractivity contribution in [1.29, 1.82) is 0 Å². The summed E-state index contributed by atoms with van der Waals surface area (Å²) in [5, 5.41) is 8.54. The van der Waals surface area contributed by atoms with Gasteiger partial charge in [0.15, 0.2) is 0 Å². The Hall–Kier alpha value is -1.33. The van der Waals surface area contributed by atoms with E-state index in [0.29, 0.717) is 13.0 Å². The van der Waals surface area contributed by atoms with Gasteiger partial charge in [-0.1, -0.05) is 5.22 Å². The summed E-state index contributed by atoms with van der Waals surface area (Å²) in [6.07, 6.45) is 0.577. The average molecular weight is 144 g/mol. The van der Waals surface area contributed by atoms with E-state index in [1.54, 1.807) is 0 Å². The molecule has 0 aliphatic rings. The standard InChI is InChI=1S/C4H8N4O2/c5-8-6-3-1-2-4(9)7-10/h1-3H2,(H2,5,6). The summed E-state index contributed by atoms with van der Waals surface area (Å²) in [5.74, 6) is 4.01. The van der Waals surface area contributed by atoms with Gasteiger partial charge in [0.25, 0.3) is 5.91 Å². The van der Waals surface area contributed by atoms with Crippen LogP contribution in [0.5, 0.6) is 0 Å². The summed E-state index contributed by atoms with van der Waals surface area (Å²) in [7, 11) is 0. The van der Waals surface area contributed by atoms with Gasteiger partial charge < -0.3 is 5.84 Å². The first kappa shape index (κ1) is 8.67. The molecule has 10 heavy (non-hydrogen) atoms. The normalized spacial score (nSPS) is 10.0. The lowest BCUT2D eigenvalue weighted by Gasteiger charge is -1.86. The van der Waals surface area contributed by atoms with E-state index >= 15 is 0 Å². The number of rotatable bonds is 4. The van der Waals surface area contributed by atoms with Crippen molar-refractivity contribution in [3.05, 3.63) is 4.91 Å². The van der Waals surface area contributed by atoms with Crippen LogP contribution < -0.4 is 5.84 Å². The maximum atomic E-state index is 10.2. The largest absolute Gasteiger partial charge is 0.305 e. The molecule has 0 fully saturated rings. The van der Waals surface area contributed by atoms with Crippen LogP contribution in [-0.2, 0) is 4.79 Å². The van der Waals surface area contributed by atoms with Crippen molar-refractivity contribution in [2.24, 2.45) is 21.4 Å². The van der Waals surface area contributed by atoms with Gasteiger partial charge in [-0.3, -0.25) is 4.79 Å². The quantitative estimate of drug-likeness (QED) is 0.203. The molecule has 0 aromatic rings. The third-order valence-corrected chi connectivity index (χ3v) is 0.832. The summed E-state index contributed by atoms with van der Waals surface area (Å²) < 4.78 is 0. The zero-order valence-corrected chi connectivity index (χ0v) is 5.36. The van der Waals surface area contributed by atoms with Crippen LogP contribution in [0.25, 0.3) is 0 Å². The van der Waals surface area contributed by atoms with E-state index in [2.05, 4.69) is 21.4 Å². The van der Waals surface area contributed by atoms with Gasteiger partial charge in [0.2, 0.25) is 0 Å². The first-order valence-electron chi connectivity index (χ1n) is 2.74. The van der Waals surface area contributed by atoms with Crippen LogP contribution in [0.1, 0.15) is 12.8 Å². The van der Waals surface area contributed by atoms with Crippen LogP contribution in [0.15, 0.2) is 15.5 Å². The van der Waals surface area contributed by atoms with Crippen LogP contribution in [0.2, 0.25) is 0 Å². The molecule has 0 radical (unpaired) electrons. The Bertz CT molecular complexity index is 144. The predicted molar refractivity (Wildman–Crippen MR) is 33.9 cm³/mol. The molecule has 0 saturated carbocycles. The molecule has 1 amide bonds. The summed E-state index contributed by atoms with van der Waals surface area (Å²) in [5.41, 5.74) is 0. The molecule has 0 aromatic carbocycles. The number of carbonyl (C=O) groups excluding carboxylic acids is 1. The van der Waals surface area contributed by atoms with Crippen molar-refractivity contribution in [3.8, 4) is 0 Å². The van der Waals surface area contributed by atoms with Crippen LogP contribution in [-0.4, -0.2) is 12.5 Å². The second-order valence-corrected chi connectivity index (χ2v) is 1.57.